The topological polar surface area (TPSA) is 68.0 Å². The van der Waals surface area contributed by atoms with Crippen molar-refractivity contribution in [3.63, 3.8) is 0 Å². The zero-order chi connectivity index (χ0) is 14.5. The highest BCUT2D eigenvalue weighted by molar-refractivity contribution is 7.19. The molecule has 0 fully saturated rings. The van der Waals surface area contributed by atoms with Crippen LogP contribution in [-0.2, 0) is 11.2 Å². The molecule has 1 heterocycles. The minimum atomic E-state index is -0.0297. The van der Waals surface area contributed by atoms with Crippen LogP contribution in [0.25, 0.3) is 0 Å². The fourth-order valence-corrected chi connectivity index (χ4v) is 2.80. The van der Waals surface area contributed by atoms with E-state index in [9.17, 15) is 4.79 Å². The number of aryl methyl sites for hydroxylation is 1. The van der Waals surface area contributed by atoms with E-state index < -0.39 is 0 Å². The molecule has 0 atom stereocenters. The number of thiazole rings is 1. The molecule has 0 saturated heterocycles. The number of benzene rings is 1. The number of anilines is 2. The Bertz CT molecular complexity index is 578. The van der Waals surface area contributed by atoms with Crippen molar-refractivity contribution >= 4 is 27.4 Å². The molecule has 3 N–H and O–H groups in total. The number of nitrogens with two attached hydrogens (primary N) is 1. The average Bonchev–Trinajstić information content (AvgIpc) is 2.78. The van der Waals surface area contributed by atoms with Gasteiger partial charge in [0.1, 0.15) is 5.00 Å². The van der Waals surface area contributed by atoms with Crippen molar-refractivity contribution in [2.75, 3.05) is 11.1 Å². The third-order valence-corrected chi connectivity index (χ3v) is 3.77. The number of aromatic nitrogens is 1. The summed E-state index contributed by atoms with van der Waals surface area (Å²) in [5.74, 6) is 0.235. The molecule has 1 aromatic heterocycles. The van der Waals surface area contributed by atoms with Crippen LogP contribution < -0.4 is 11.1 Å². The number of carbonyl (C=O) groups excluding carboxylic acids is 1. The van der Waals surface area contributed by atoms with Gasteiger partial charge in [0.15, 0.2) is 5.13 Å². The highest BCUT2D eigenvalue weighted by atomic mass is 32.1. The molecule has 2 aromatic rings. The van der Waals surface area contributed by atoms with E-state index in [2.05, 4.69) is 10.3 Å². The van der Waals surface area contributed by atoms with Crippen LogP contribution >= 0.6 is 11.3 Å². The maximum atomic E-state index is 11.9. The second kappa shape index (κ2) is 6.52. The van der Waals surface area contributed by atoms with E-state index >= 15 is 0 Å². The molecule has 5 heteroatoms. The second-order valence-electron chi connectivity index (χ2n) is 4.96. The molecule has 2 rings (SSSR count). The maximum absolute atomic E-state index is 11.9. The monoisotopic (exact) mass is 289 g/mol. The van der Waals surface area contributed by atoms with E-state index in [0.29, 0.717) is 16.6 Å². The standard InChI is InChI=1S/C15H19N3OS/c1-10(2)13-14(16)20-15(18-13)17-12(19)9-8-11-6-4-3-5-7-11/h3-7,10H,8-9,16H2,1-2H3,(H,17,18,19). The lowest BCUT2D eigenvalue weighted by Crippen LogP contribution is -2.12. The minimum Gasteiger partial charge on any atom is -0.389 e. The summed E-state index contributed by atoms with van der Waals surface area (Å²) in [7, 11) is 0. The number of nitrogens with zero attached hydrogens (tertiary/aromatic N) is 1. The zero-order valence-electron chi connectivity index (χ0n) is 11.7. The van der Waals surface area contributed by atoms with E-state index in [4.69, 9.17) is 5.73 Å². The first-order valence-corrected chi connectivity index (χ1v) is 7.48. The van der Waals surface area contributed by atoms with Crippen LogP contribution in [0.2, 0.25) is 0 Å². The molecule has 1 amide bonds. The maximum Gasteiger partial charge on any atom is 0.226 e. The molecule has 0 bridgehead atoms. The number of rotatable bonds is 5. The summed E-state index contributed by atoms with van der Waals surface area (Å²) in [6.45, 7) is 4.07. The molecule has 20 heavy (non-hydrogen) atoms. The van der Waals surface area contributed by atoms with E-state index in [0.717, 1.165) is 17.7 Å². The van der Waals surface area contributed by atoms with Crippen LogP contribution in [0, 0.1) is 0 Å². The first-order valence-electron chi connectivity index (χ1n) is 6.66. The van der Waals surface area contributed by atoms with E-state index in [1.807, 2.05) is 44.2 Å². The molecule has 0 aliphatic rings. The van der Waals surface area contributed by atoms with Gasteiger partial charge in [-0.25, -0.2) is 4.98 Å². The van der Waals surface area contributed by atoms with Gasteiger partial charge >= 0.3 is 0 Å². The van der Waals surface area contributed by atoms with Gasteiger partial charge in [-0.15, -0.1) is 0 Å². The molecule has 1 aromatic carbocycles. The SMILES string of the molecule is CC(C)c1nc(NC(=O)CCc2ccccc2)sc1N. The normalized spacial score (nSPS) is 10.8. The Morgan fingerprint density at radius 1 is 1.35 bits per heavy atom. The first kappa shape index (κ1) is 14.5. The number of nitrogens with one attached hydrogen (secondary N) is 1. The highest BCUT2D eigenvalue weighted by Gasteiger charge is 2.13. The predicted octanol–water partition coefficient (Wildman–Crippen LogP) is 3.42. The van der Waals surface area contributed by atoms with Crippen molar-refractivity contribution < 1.29 is 4.79 Å². The Labute approximate surface area is 123 Å². The van der Waals surface area contributed by atoms with Gasteiger partial charge in [0.2, 0.25) is 5.91 Å². The highest BCUT2D eigenvalue weighted by Crippen LogP contribution is 2.30. The minimum absolute atomic E-state index is 0.0297. The summed E-state index contributed by atoms with van der Waals surface area (Å²) in [5.41, 5.74) is 7.90. The molecule has 0 aliphatic carbocycles. The summed E-state index contributed by atoms with van der Waals surface area (Å²) in [4.78, 5) is 16.3. The third-order valence-electron chi connectivity index (χ3n) is 2.96. The summed E-state index contributed by atoms with van der Waals surface area (Å²) < 4.78 is 0. The third kappa shape index (κ3) is 3.81. The summed E-state index contributed by atoms with van der Waals surface area (Å²) >= 11 is 1.33. The summed E-state index contributed by atoms with van der Waals surface area (Å²) in [6.07, 6.45) is 1.17. The lowest BCUT2D eigenvalue weighted by Gasteiger charge is -2.02. The van der Waals surface area contributed by atoms with Gasteiger partial charge in [-0.1, -0.05) is 55.5 Å². The average molecular weight is 289 g/mol. The van der Waals surface area contributed by atoms with Crippen molar-refractivity contribution in [2.24, 2.45) is 0 Å². The number of nitrogen functional groups attached to an aromatic ring is 1. The Kier molecular flexibility index (Phi) is 4.74. The molecule has 106 valence electrons. The number of hydrogen-bond donors (Lipinski definition) is 2. The lowest BCUT2D eigenvalue weighted by molar-refractivity contribution is -0.116. The summed E-state index contributed by atoms with van der Waals surface area (Å²) in [5, 5.41) is 4.08. The Balaban J connectivity index is 1.90. The van der Waals surface area contributed by atoms with E-state index in [1.165, 1.54) is 11.3 Å². The Morgan fingerprint density at radius 3 is 2.65 bits per heavy atom. The number of hydrogen-bond acceptors (Lipinski definition) is 4. The van der Waals surface area contributed by atoms with Gasteiger partial charge in [0.05, 0.1) is 5.69 Å². The lowest BCUT2D eigenvalue weighted by atomic mass is 10.1. The predicted molar refractivity (Wildman–Crippen MR) is 84.0 cm³/mol. The van der Waals surface area contributed by atoms with E-state index in [1.54, 1.807) is 0 Å². The van der Waals surface area contributed by atoms with Crippen molar-refractivity contribution in [3.8, 4) is 0 Å². The second-order valence-corrected chi connectivity index (χ2v) is 5.99. The van der Waals surface area contributed by atoms with E-state index in [-0.39, 0.29) is 11.8 Å². The van der Waals surface area contributed by atoms with Gasteiger partial charge < -0.3 is 11.1 Å². The van der Waals surface area contributed by atoms with Gasteiger partial charge in [0, 0.05) is 6.42 Å². The molecule has 0 saturated carbocycles. The quantitative estimate of drug-likeness (QED) is 0.886. The molecule has 0 spiro atoms. The van der Waals surface area contributed by atoms with Crippen molar-refractivity contribution in [1.29, 1.82) is 0 Å². The zero-order valence-corrected chi connectivity index (χ0v) is 12.5. The van der Waals surface area contributed by atoms with Gasteiger partial charge in [-0.05, 0) is 17.9 Å². The van der Waals surface area contributed by atoms with Crippen LogP contribution in [0.5, 0.6) is 0 Å². The Morgan fingerprint density at radius 2 is 2.05 bits per heavy atom. The molecule has 4 nitrogen and oxygen atoms in total. The fourth-order valence-electron chi connectivity index (χ4n) is 1.90. The van der Waals surface area contributed by atoms with Crippen LogP contribution in [0.1, 0.15) is 37.4 Å². The summed E-state index contributed by atoms with van der Waals surface area (Å²) in [6, 6.07) is 9.96. The molecule has 0 aliphatic heterocycles. The van der Waals surface area contributed by atoms with Crippen LogP contribution in [0.15, 0.2) is 30.3 Å². The largest absolute Gasteiger partial charge is 0.389 e. The Hall–Kier alpha value is -1.88. The van der Waals surface area contributed by atoms with Crippen LogP contribution in [0.4, 0.5) is 10.1 Å². The van der Waals surface area contributed by atoms with Crippen molar-refractivity contribution in [1.82, 2.24) is 4.98 Å². The van der Waals surface area contributed by atoms with Crippen LogP contribution in [-0.4, -0.2) is 10.9 Å². The molecule has 0 unspecified atom stereocenters. The molecular weight excluding hydrogens is 270 g/mol. The molecule has 0 radical (unpaired) electrons. The smallest absolute Gasteiger partial charge is 0.226 e. The van der Waals surface area contributed by atoms with Gasteiger partial charge in [0.25, 0.3) is 0 Å². The van der Waals surface area contributed by atoms with Crippen LogP contribution in [0.3, 0.4) is 0 Å². The number of amides is 1. The van der Waals surface area contributed by atoms with Crippen molar-refractivity contribution in [2.45, 2.75) is 32.6 Å². The number of carbonyl (C=O) groups is 1. The fraction of sp³-hybridized carbons (Fsp3) is 0.333. The van der Waals surface area contributed by atoms with Gasteiger partial charge in [-0.3, -0.25) is 4.79 Å². The molecular formula is C15H19N3OS. The van der Waals surface area contributed by atoms with Gasteiger partial charge in [-0.2, -0.15) is 0 Å². The first-order chi connectivity index (χ1) is 9.56. The van der Waals surface area contributed by atoms with Crippen molar-refractivity contribution in [3.05, 3.63) is 41.6 Å².